The molecule has 0 aromatic heterocycles. The highest BCUT2D eigenvalue weighted by atomic mass is 79.9. The summed E-state index contributed by atoms with van der Waals surface area (Å²) in [5.74, 6) is 0.505. The van der Waals surface area contributed by atoms with Gasteiger partial charge in [-0.15, -0.1) is 4.91 Å². The Hall–Kier alpha value is -0.900. The van der Waals surface area contributed by atoms with E-state index in [0.29, 0.717) is 11.4 Å². The summed E-state index contributed by atoms with van der Waals surface area (Å²) >= 11 is 3.30. The molecular formula is C8H8BrNO2. The van der Waals surface area contributed by atoms with Crippen molar-refractivity contribution in [2.75, 3.05) is 7.11 Å². The highest BCUT2D eigenvalue weighted by Crippen LogP contribution is 2.35. The number of rotatable bonds is 2. The van der Waals surface area contributed by atoms with Crippen LogP contribution in [-0.2, 0) is 0 Å². The smallest absolute Gasteiger partial charge is 0.153 e. The number of hydrogen-bond acceptors (Lipinski definition) is 3. The van der Waals surface area contributed by atoms with Crippen molar-refractivity contribution < 1.29 is 4.74 Å². The van der Waals surface area contributed by atoms with Crippen molar-refractivity contribution in [3.05, 3.63) is 27.1 Å². The molecule has 4 heteroatoms. The number of benzene rings is 1. The van der Waals surface area contributed by atoms with E-state index in [4.69, 9.17) is 4.74 Å². The monoisotopic (exact) mass is 229 g/mol. The third-order valence-electron chi connectivity index (χ3n) is 1.64. The Morgan fingerprint density at radius 3 is 2.67 bits per heavy atom. The molecule has 0 saturated carbocycles. The van der Waals surface area contributed by atoms with Crippen LogP contribution in [0.15, 0.2) is 21.8 Å². The van der Waals surface area contributed by atoms with Crippen molar-refractivity contribution in [1.29, 1.82) is 0 Å². The largest absolute Gasteiger partial charge is 0.494 e. The van der Waals surface area contributed by atoms with Gasteiger partial charge in [0, 0.05) is 4.47 Å². The summed E-state index contributed by atoms with van der Waals surface area (Å²) in [6.45, 7) is 1.81. The van der Waals surface area contributed by atoms with Crippen LogP contribution in [0.4, 0.5) is 5.69 Å². The first kappa shape index (κ1) is 9.19. The second-order valence-electron chi connectivity index (χ2n) is 2.31. The third-order valence-corrected chi connectivity index (χ3v) is 2.50. The average Bonchev–Trinajstić information content (AvgIpc) is 2.09. The lowest BCUT2D eigenvalue weighted by atomic mass is 10.2. The minimum Gasteiger partial charge on any atom is -0.494 e. The van der Waals surface area contributed by atoms with Crippen LogP contribution >= 0.6 is 15.9 Å². The molecule has 1 aromatic carbocycles. The minimum absolute atomic E-state index is 0.354. The van der Waals surface area contributed by atoms with E-state index in [1.165, 1.54) is 7.11 Å². The van der Waals surface area contributed by atoms with Gasteiger partial charge >= 0.3 is 0 Å². The average molecular weight is 230 g/mol. The van der Waals surface area contributed by atoms with E-state index in [-0.39, 0.29) is 0 Å². The molecule has 0 bridgehead atoms. The minimum atomic E-state index is 0.354. The lowest BCUT2D eigenvalue weighted by Gasteiger charge is -2.05. The number of hydrogen-bond donors (Lipinski definition) is 0. The van der Waals surface area contributed by atoms with E-state index >= 15 is 0 Å². The zero-order valence-corrected chi connectivity index (χ0v) is 8.38. The molecular weight excluding hydrogens is 222 g/mol. The normalized spacial score (nSPS) is 9.58. The van der Waals surface area contributed by atoms with Gasteiger partial charge in [0.05, 0.1) is 7.11 Å². The highest BCUT2D eigenvalue weighted by Gasteiger charge is 2.08. The highest BCUT2D eigenvalue weighted by molar-refractivity contribution is 9.10. The standard InChI is InChI=1S/C8H8BrNO2/c1-5-6(9)3-4-7(12-2)8(5)10-11/h3-4H,1-2H3. The summed E-state index contributed by atoms with van der Waals surface area (Å²) in [7, 11) is 1.51. The fourth-order valence-corrected chi connectivity index (χ4v) is 1.25. The van der Waals surface area contributed by atoms with Crippen LogP contribution in [0.2, 0.25) is 0 Å². The molecule has 0 unspecified atom stereocenters. The fraction of sp³-hybridized carbons (Fsp3) is 0.250. The molecule has 0 atom stereocenters. The molecule has 0 radical (unpaired) electrons. The van der Waals surface area contributed by atoms with Crippen molar-refractivity contribution in [3.8, 4) is 5.75 Å². The van der Waals surface area contributed by atoms with Crippen LogP contribution < -0.4 is 4.74 Å². The number of nitroso groups, excluding NO2 is 1. The molecule has 0 spiro atoms. The number of nitrogens with zero attached hydrogens (tertiary/aromatic N) is 1. The predicted molar refractivity (Wildman–Crippen MR) is 50.9 cm³/mol. The topological polar surface area (TPSA) is 38.7 Å². The third kappa shape index (κ3) is 1.48. The van der Waals surface area contributed by atoms with Gasteiger partial charge in [0.25, 0.3) is 0 Å². The van der Waals surface area contributed by atoms with E-state index in [1.807, 2.05) is 13.0 Å². The molecule has 1 aromatic rings. The first-order chi connectivity index (χ1) is 5.70. The van der Waals surface area contributed by atoms with Crippen molar-refractivity contribution in [2.24, 2.45) is 5.18 Å². The Morgan fingerprint density at radius 2 is 2.17 bits per heavy atom. The Morgan fingerprint density at radius 1 is 1.50 bits per heavy atom. The van der Waals surface area contributed by atoms with Gasteiger partial charge < -0.3 is 4.74 Å². The Kier molecular flexibility index (Phi) is 2.81. The van der Waals surface area contributed by atoms with E-state index in [2.05, 4.69) is 21.1 Å². The Labute approximate surface area is 78.8 Å². The van der Waals surface area contributed by atoms with Crippen LogP contribution in [0.5, 0.6) is 5.75 Å². The predicted octanol–water partition coefficient (Wildman–Crippen LogP) is 3.16. The second-order valence-corrected chi connectivity index (χ2v) is 3.17. The summed E-state index contributed by atoms with van der Waals surface area (Å²) in [5, 5.41) is 2.90. The fourth-order valence-electron chi connectivity index (χ4n) is 0.929. The summed E-state index contributed by atoms with van der Waals surface area (Å²) < 4.78 is 5.82. The van der Waals surface area contributed by atoms with E-state index in [0.717, 1.165) is 10.0 Å². The molecule has 0 saturated heterocycles. The SMILES string of the molecule is COc1ccc(Br)c(C)c1N=O. The van der Waals surface area contributed by atoms with Crippen molar-refractivity contribution >= 4 is 21.6 Å². The number of methoxy groups -OCH3 is 1. The molecule has 1 rings (SSSR count). The quantitative estimate of drug-likeness (QED) is 0.732. The molecule has 64 valence electrons. The number of halogens is 1. The molecule has 0 amide bonds. The molecule has 0 aliphatic carbocycles. The van der Waals surface area contributed by atoms with Crippen molar-refractivity contribution in [1.82, 2.24) is 0 Å². The lowest BCUT2D eigenvalue weighted by molar-refractivity contribution is 0.416. The summed E-state index contributed by atoms with van der Waals surface area (Å²) in [4.78, 5) is 10.4. The maximum Gasteiger partial charge on any atom is 0.153 e. The maximum atomic E-state index is 10.4. The molecule has 3 nitrogen and oxygen atoms in total. The number of ether oxygens (including phenoxy) is 1. The van der Waals surface area contributed by atoms with E-state index in [9.17, 15) is 4.91 Å². The van der Waals surface area contributed by atoms with Gasteiger partial charge in [0.15, 0.2) is 5.69 Å². The van der Waals surface area contributed by atoms with Gasteiger partial charge in [0.1, 0.15) is 5.75 Å². The molecule has 0 fully saturated rings. The first-order valence-corrected chi connectivity index (χ1v) is 4.16. The van der Waals surface area contributed by atoms with Crippen LogP contribution in [0.1, 0.15) is 5.56 Å². The summed E-state index contributed by atoms with van der Waals surface area (Å²) in [6, 6.07) is 3.52. The first-order valence-electron chi connectivity index (χ1n) is 3.37. The van der Waals surface area contributed by atoms with Crippen LogP contribution in [0.3, 0.4) is 0 Å². The van der Waals surface area contributed by atoms with Crippen LogP contribution in [0, 0.1) is 11.8 Å². The molecule has 12 heavy (non-hydrogen) atoms. The van der Waals surface area contributed by atoms with Gasteiger partial charge in [-0.05, 0) is 29.8 Å². The van der Waals surface area contributed by atoms with Crippen molar-refractivity contribution in [3.63, 3.8) is 0 Å². The maximum absolute atomic E-state index is 10.4. The molecule has 0 N–H and O–H groups in total. The van der Waals surface area contributed by atoms with E-state index < -0.39 is 0 Å². The van der Waals surface area contributed by atoms with Gasteiger partial charge in [-0.2, -0.15) is 0 Å². The zero-order valence-electron chi connectivity index (χ0n) is 6.80. The van der Waals surface area contributed by atoms with Gasteiger partial charge in [-0.25, -0.2) is 0 Å². The molecule has 0 aliphatic rings. The van der Waals surface area contributed by atoms with Crippen LogP contribution in [-0.4, -0.2) is 7.11 Å². The molecule has 0 aliphatic heterocycles. The van der Waals surface area contributed by atoms with E-state index in [1.54, 1.807) is 6.07 Å². The molecule has 0 heterocycles. The Balaban J connectivity index is 3.35. The van der Waals surface area contributed by atoms with Gasteiger partial charge in [-0.1, -0.05) is 15.9 Å². The van der Waals surface area contributed by atoms with Crippen molar-refractivity contribution in [2.45, 2.75) is 6.92 Å². The lowest BCUT2D eigenvalue weighted by Crippen LogP contribution is -1.85. The van der Waals surface area contributed by atoms with Gasteiger partial charge in [0.2, 0.25) is 0 Å². The van der Waals surface area contributed by atoms with Crippen LogP contribution in [0.25, 0.3) is 0 Å². The van der Waals surface area contributed by atoms with Gasteiger partial charge in [-0.3, -0.25) is 0 Å². The zero-order chi connectivity index (χ0) is 9.14. The summed E-state index contributed by atoms with van der Waals surface area (Å²) in [5.41, 5.74) is 1.15. The summed E-state index contributed by atoms with van der Waals surface area (Å²) in [6.07, 6.45) is 0. The Bertz CT molecular complexity index is 312. The second kappa shape index (κ2) is 3.67.